The molecule has 2 amide bonds. The lowest BCUT2D eigenvalue weighted by Gasteiger charge is -2.39. The molecule has 7 heteroatoms. The molecule has 1 atom stereocenters. The second kappa shape index (κ2) is 7.72. The lowest BCUT2D eigenvalue weighted by molar-refractivity contribution is -0.150. The third-order valence-electron chi connectivity index (χ3n) is 5.54. The number of hydrogen-bond donors (Lipinski definition) is 1. The molecule has 2 aliphatic heterocycles. The van der Waals surface area contributed by atoms with Crippen molar-refractivity contribution in [2.24, 2.45) is 5.41 Å². The van der Waals surface area contributed by atoms with Gasteiger partial charge in [-0.25, -0.2) is 4.39 Å². The van der Waals surface area contributed by atoms with E-state index in [0.717, 1.165) is 13.1 Å². The van der Waals surface area contributed by atoms with Crippen molar-refractivity contribution in [1.82, 2.24) is 10.2 Å². The molecule has 1 unspecified atom stereocenters. The first kappa shape index (κ1) is 18.8. The largest absolute Gasteiger partial charge is 0.384 e. The topological polar surface area (TPSA) is 61.9 Å². The molecule has 1 N–H and O–H groups in total. The molecule has 1 aromatic carbocycles. The van der Waals surface area contributed by atoms with Gasteiger partial charge >= 0.3 is 0 Å². The van der Waals surface area contributed by atoms with E-state index in [1.54, 1.807) is 37.3 Å². The van der Waals surface area contributed by atoms with Gasteiger partial charge in [-0.2, -0.15) is 0 Å². The molecule has 1 aromatic rings. The number of benzene rings is 1. The van der Waals surface area contributed by atoms with Crippen molar-refractivity contribution in [3.63, 3.8) is 0 Å². The smallest absolute Gasteiger partial charge is 0.249 e. The number of hydrogen-bond acceptors (Lipinski definition) is 4. The number of ether oxygens (including phenoxy) is 1. The molecule has 0 saturated carbocycles. The van der Waals surface area contributed by atoms with Gasteiger partial charge in [0.1, 0.15) is 11.9 Å². The normalized spacial score (nSPS) is 22.5. The Kier molecular flexibility index (Phi) is 5.58. The molecular weight excluding hydrogens is 337 g/mol. The maximum atomic E-state index is 14.1. The summed E-state index contributed by atoms with van der Waals surface area (Å²) in [5.74, 6) is -0.716. The number of amides is 2. The average Bonchev–Trinajstić information content (AvgIpc) is 3.03. The van der Waals surface area contributed by atoms with Crippen molar-refractivity contribution < 1.29 is 18.7 Å². The third kappa shape index (κ3) is 3.33. The number of halogens is 1. The summed E-state index contributed by atoms with van der Waals surface area (Å²) in [4.78, 5) is 29.1. The molecule has 2 aliphatic rings. The number of nitrogens with zero attached hydrogens (tertiary/aromatic N) is 2. The monoisotopic (exact) mass is 363 g/mol. The first-order chi connectivity index (χ1) is 12.5. The zero-order chi connectivity index (χ0) is 18.7. The fourth-order valence-electron chi connectivity index (χ4n) is 4.05. The zero-order valence-electron chi connectivity index (χ0n) is 15.3. The molecule has 0 radical (unpaired) electrons. The van der Waals surface area contributed by atoms with E-state index in [4.69, 9.17) is 4.74 Å². The Morgan fingerprint density at radius 3 is 2.73 bits per heavy atom. The summed E-state index contributed by atoms with van der Waals surface area (Å²) in [5, 5.41) is 3.26. The standard InChI is InChI=1S/C19H26FN3O3/c1-22(18(25)19(13-26-2)8-10-21-11-9-19)16-7-12-23(17(16)24)15-6-4-3-5-14(15)20/h3-6,16,21H,7-13H2,1-2H3. The Balaban J connectivity index is 1.77. The molecule has 142 valence electrons. The Morgan fingerprint density at radius 2 is 2.08 bits per heavy atom. The SMILES string of the molecule is COCC1(C(=O)N(C)C2CCN(c3ccccc3F)C2=O)CCNCC1. The van der Waals surface area contributed by atoms with Gasteiger partial charge in [-0.05, 0) is 44.5 Å². The minimum Gasteiger partial charge on any atom is -0.384 e. The second-order valence-corrected chi connectivity index (χ2v) is 7.13. The fraction of sp³-hybridized carbons (Fsp3) is 0.579. The van der Waals surface area contributed by atoms with Crippen LogP contribution in [0.5, 0.6) is 0 Å². The lowest BCUT2D eigenvalue weighted by atomic mass is 9.78. The minimum absolute atomic E-state index is 0.0606. The molecule has 0 aliphatic carbocycles. The maximum absolute atomic E-state index is 14.1. The van der Waals surface area contributed by atoms with Crippen LogP contribution in [0.2, 0.25) is 0 Å². The van der Waals surface area contributed by atoms with Crippen LogP contribution >= 0.6 is 0 Å². The number of carbonyl (C=O) groups excluding carboxylic acids is 2. The van der Waals surface area contributed by atoms with Crippen molar-refractivity contribution in [2.45, 2.75) is 25.3 Å². The van der Waals surface area contributed by atoms with Crippen LogP contribution in [0.4, 0.5) is 10.1 Å². The van der Waals surface area contributed by atoms with Gasteiger partial charge < -0.3 is 19.9 Å². The van der Waals surface area contributed by atoms with E-state index in [1.165, 1.54) is 11.0 Å². The first-order valence-corrected chi connectivity index (χ1v) is 9.03. The van der Waals surface area contributed by atoms with E-state index in [2.05, 4.69) is 5.32 Å². The van der Waals surface area contributed by atoms with Crippen LogP contribution in [0.25, 0.3) is 0 Å². The van der Waals surface area contributed by atoms with Crippen molar-refractivity contribution in [2.75, 3.05) is 45.3 Å². The maximum Gasteiger partial charge on any atom is 0.249 e. The number of para-hydroxylation sites is 1. The van der Waals surface area contributed by atoms with Crippen molar-refractivity contribution in [3.8, 4) is 0 Å². The molecule has 2 heterocycles. The predicted octanol–water partition coefficient (Wildman–Crippen LogP) is 1.41. The Morgan fingerprint density at radius 1 is 1.38 bits per heavy atom. The summed E-state index contributed by atoms with van der Waals surface area (Å²) in [6.07, 6.45) is 1.86. The summed E-state index contributed by atoms with van der Waals surface area (Å²) < 4.78 is 19.4. The van der Waals surface area contributed by atoms with Gasteiger partial charge in [-0.15, -0.1) is 0 Å². The highest BCUT2D eigenvalue weighted by Gasteiger charge is 2.46. The summed E-state index contributed by atoms with van der Waals surface area (Å²) in [6, 6.07) is 5.67. The van der Waals surface area contributed by atoms with Crippen LogP contribution in [0.1, 0.15) is 19.3 Å². The van der Waals surface area contributed by atoms with Gasteiger partial charge in [-0.3, -0.25) is 9.59 Å². The quantitative estimate of drug-likeness (QED) is 0.859. The molecular formula is C19H26FN3O3. The molecule has 6 nitrogen and oxygen atoms in total. The van der Waals surface area contributed by atoms with Gasteiger partial charge in [0, 0.05) is 20.7 Å². The number of likely N-dealkylation sites (N-methyl/N-ethyl adjacent to an activating group) is 1. The van der Waals surface area contributed by atoms with Gasteiger partial charge in [-0.1, -0.05) is 12.1 Å². The van der Waals surface area contributed by atoms with E-state index >= 15 is 0 Å². The minimum atomic E-state index is -0.597. The first-order valence-electron chi connectivity index (χ1n) is 9.03. The van der Waals surface area contributed by atoms with Gasteiger partial charge in [0.25, 0.3) is 0 Å². The molecule has 0 bridgehead atoms. The van der Waals surface area contributed by atoms with Gasteiger partial charge in [0.2, 0.25) is 11.8 Å². The number of piperidine rings is 1. The molecule has 2 fully saturated rings. The van der Waals surface area contributed by atoms with Crippen LogP contribution in [0.3, 0.4) is 0 Å². The van der Waals surface area contributed by atoms with Crippen LogP contribution in [-0.4, -0.2) is 63.2 Å². The Labute approximate surface area is 153 Å². The number of methoxy groups -OCH3 is 1. The Bertz CT molecular complexity index is 670. The number of anilines is 1. The highest BCUT2D eigenvalue weighted by molar-refractivity contribution is 6.01. The van der Waals surface area contributed by atoms with Crippen molar-refractivity contribution >= 4 is 17.5 Å². The van der Waals surface area contributed by atoms with Crippen LogP contribution < -0.4 is 10.2 Å². The van der Waals surface area contributed by atoms with Gasteiger partial charge in [0.05, 0.1) is 17.7 Å². The van der Waals surface area contributed by atoms with Crippen LogP contribution in [-0.2, 0) is 14.3 Å². The van der Waals surface area contributed by atoms with E-state index in [9.17, 15) is 14.0 Å². The average molecular weight is 363 g/mol. The molecule has 0 aromatic heterocycles. The van der Waals surface area contributed by atoms with E-state index in [1.807, 2.05) is 0 Å². The summed E-state index contributed by atoms with van der Waals surface area (Å²) in [6.45, 7) is 2.25. The summed E-state index contributed by atoms with van der Waals surface area (Å²) in [7, 11) is 3.27. The number of nitrogens with one attached hydrogen (secondary N) is 1. The highest BCUT2D eigenvalue weighted by atomic mass is 19.1. The fourth-order valence-corrected chi connectivity index (χ4v) is 4.05. The third-order valence-corrected chi connectivity index (χ3v) is 5.54. The predicted molar refractivity (Wildman–Crippen MR) is 96.3 cm³/mol. The lowest BCUT2D eigenvalue weighted by Crippen LogP contribution is -2.54. The van der Waals surface area contributed by atoms with Crippen molar-refractivity contribution in [1.29, 1.82) is 0 Å². The van der Waals surface area contributed by atoms with Crippen LogP contribution in [0.15, 0.2) is 24.3 Å². The second-order valence-electron chi connectivity index (χ2n) is 7.13. The van der Waals surface area contributed by atoms with Crippen molar-refractivity contribution in [3.05, 3.63) is 30.1 Å². The van der Waals surface area contributed by atoms with E-state index < -0.39 is 17.3 Å². The van der Waals surface area contributed by atoms with Gasteiger partial charge in [0.15, 0.2) is 0 Å². The Hall–Kier alpha value is -1.99. The summed E-state index contributed by atoms with van der Waals surface area (Å²) >= 11 is 0. The summed E-state index contributed by atoms with van der Waals surface area (Å²) in [5.41, 5.74) is -0.324. The van der Waals surface area contributed by atoms with E-state index in [-0.39, 0.29) is 17.5 Å². The van der Waals surface area contributed by atoms with E-state index in [0.29, 0.717) is 32.4 Å². The number of rotatable bonds is 5. The molecule has 3 rings (SSSR count). The highest BCUT2D eigenvalue weighted by Crippen LogP contribution is 2.34. The molecule has 2 saturated heterocycles. The zero-order valence-corrected chi connectivity index (χ0v) is 15.3. The van der Waals surface area contributed by atoms with Crippen LogP contribution in [0, 0.1) is 11.2 Å². The molecule has 0 spiro atoms. The molecule has 26 heavy (non-hydrogen) atoms. The number of carbonyl (C=O) groups is 2.